The Morgan fingerprint density at radius 2 is 1.08 bits per heavy atom. The van der Waals surface area contributed by atoms with Crippen molar-refractivity contribution in [1.82, 2.24) is 4.57 Å². The maximum atomic E-state index is 7.01. The Morgan fingerprint density at radius 3 is 1.94 bits per heavy atom. The van der Waals surface area contributed by atoms with Gasteiger partial charge >= 0.3 is 6.92 Å². The number of fused-ring (bicyclic) bond motifs is 10. The van der Waals surface area contributed by atoms with Gasteiger partial charge in [0.05, 0.1) is 16.7 Å². The van der Waals surface area contributed by atoms with E-state index in [4.69, 9.17) is 13.8 Å². The summed E-state index contributed by atoms with van der Waals surface area (Å²) in [7, 11) is 0. The number of rotatable bonds is 3. The molecule has 4 heterocycles. The van der Waals surface area contributed by atoms with E-state index in [0.717, 1.165) is 89.2 Å². The highest BCUT2D eigenvalue weighted by Gasteiger charge is 2.40. The maximum absolute atomic E-state index is 7.01. The number of hydrogen-bond acceptors (Lipinski definition) is 3. The van der Waals surface area contributed by atoms with Crippen LogP contribution in [0.5, 0.6) is 17.2 Å². The van der Waals surface area contributed by atoms with Gasteiger partial charge in [-0.2, -0.15) is 0 Å². The molecule has 0 aliphatic carbocycles. The molecule has 0 spiro atoms. The van der Waals surface area contributed by atoms with E-state index in [1.807, 2.05) is 12.1 Å². The molecule has 2 aliphatic heterocycles. The highest BCUT2D eigenvalue weighted by Crippen LogP contribution is 2.44. The van der Waals surface area contributed by atoms with Gasteiger partial charge in [-0.1, -0.05) is 127 Å². The van der Waals surface area contributed by atoms with Crippen LogP contribution in [0.1, 0.15) is 0 Å². The van der Waals surface area contributed by atoms with Crippen LogP contribution in [0.15, 0.2) is 174 Å². The second kappa shape index (κ2) is 10.8. The molecule has 0 unspecified atom stereocenters. The lowest BCUT2D eigenvalue weighted by atomic mass is 9.51. The first-order chi connectivity index (χ1) is 26.3. The van der Waals surface area contributed by atoms with Crippen LogP contribution in [-0.2, 0) is 0 Å². The van der Waals surface area contributed by atoms with Gasteiger partial charge in [-0.15, -0.1) is 0 Å². The van der Waals surface area contributed by atoms with E-state index in [0.29, 0.717) is 0 Å². The zero-order valence-corrected chi connectivity index (χ0v) is 28.4. The number of hydrogen-bond donors (Lipinski definition) is 0. The van der Waals surface area contributed by atoms with Gasteiger partial charge in [0, 0.05) is 49.2 Å². The molecule has 0 bridgehead atoms. The second-order valence-electron chi connectivity index (χ2n) is 13.9. The van der Waals surface area contributed by atoms with Crippen molar-refractivity contribution in [2.75, 3.05) is 0 Å². The zero-order valence-electron chi connectivity index (χ0n) is 28.4. The number of furan rings is 1. The molecular formula is C48H28BNO3. The fourth-order valence-corrected chi connectivity index (χ4v) is 8.75. The van der Waals surface area contributed by atoms with Gasteiger partial charge in [0.25, 0.3) is 0 Å². The van der Waals surface area contributed by atoms with Gasteiger partial charge in [-0.3, -0.25) is 0 Å². The van der Waals surface area contributed by atoms with Crippen molar-refractivity contribution in [2.45, 2.75) is 0 Å². The summed E-state index contributed by atoms with van der Waals surface area (Å²) < 4.78 is 22.5. The van der Waals surface area contributed by atoms with Gasteiger partial charge in [0.15, 0.2) is 0 Å². The Hall–Kier alpha value is -6.98. The van der Waals surface area contributed by atoms with Gasteiger partial charge in [0.1, 0.15) is 28.4 Å². The average molecular weight is 678 g/mol. The third kappa shape index (κ3) is 4.07. The fraction of sp³-hybridized carbons (Fsp3) is 0. The Bertz CT molecular complexity index is 3100. The van der Waals surface area contributed by atoms with Gasteiger partial charge in [-0.05, 0) is 59.2 Å². The molecule has 10 aromatic rings. The number of para-hydroxylation sites is 5. The largest absolute Gasteiger partial charge is 0.551 e. The Balaban J connectivity index is 0.980. The lowest BCUT2D eigenvalue weighted by Gasteiger charge is -2.33. The van der Waals surface area contributed by atoms with E-state index >= 15 is 0 Å². The fourth-order valence-electron chi connectivity index (χ4n) is 8.75. The molecule has 0 fully saturated rings. The number of benzene rings is 8. The lowest BCUT2D eigenvalue weighted by Crippen LogP contribution is -2.53. The summed E-state index contributed by atoms with van der Waals surface area (Å²) >= 11 is 0. The first-order valence-corrected chi connectivity index (χ1v) is 18.0. The van der Waals surface area contributed by atoms with Gasteiger partial charge in [-0.25, -0.2) is 0 Å². The van der Waals surface area contributed by atoms with E-state index in [-0.39, 0.29) is 6.92 Å². The van der Waals surface area contributed by atoms with Crippen LogP contribution in [0.4, 0.5) is 0 Å². The average Bonchev–Trinajstić information content (AvgIpc) is 3.77. The van der Waals surface area contributed by atoms with Crippen molar-refractivity contribution in [1.29, 1.82) is 0 Å². The molecule has 0 atom stereocenters. The Morgan fingerprint density at radius 1 is 0.434 bits per heavy atom. The van der Waals surface area contributed by atoms with E-state index in [1.54, 1.807) is 0 Å². The second-order valence-corrected chi connectivity index (χ2v) is 13.9. The van der Waals surface area contributed by atoms with Crippen LogP contribution in [0.3, 0.4) is 0 Å². The molecule has 53 heavy (non-hydrogen) atoms. The van der Waals surface area contributed by atoms with Crippen LogP contribution in [0.25, 0.3) is 82.8 Å². The van der Waals surface area contributed by atoms with Crippen molar-refractivity contribution in [3.05, 3.63) is 170 Å². The summed E-state index contributed by atoms with van der Waals surface area (Å²) in [6, 6.07) is 59.9. The minimum atomic E-state index is -0.309. The molecule has 0 amide bonds. The first-order valence-electron chi connectivity index (χ1n) is 18.0. The predicted octanol–water partition coefficient (Wildman–Crippen LogP) is 11.3. The molecule has 246 valence electrons. The van der Waals surface area contributed by atoms with Crippen LogP contribution in [-0.4, -0.2) is 11.5 Å². The van der Waals surface area contributed by atoms with E-state index < -0.39 is 0 Å². The molecule has 4 nitrogen and oxygen atoms in total. The molecule has 0 saturated heterocycles. The standard InChI is InChI=1S/C48H28BNO3/c1-5-18-40(50-41-19-6-2-12-33(41)34-13-3-7-20-42(34)50)31(11-1)29-24-26-39-46(28-29)51-44-22-10-16-37-36-25-23-30(27-45(36)53-49(39)47(37)44)32-15-9-17-38-35-14-4-8-21-43(35)52-48(32)38/h1-28H. The lowest BCUT2D eigenvalue weighted by molar-refractivity contribution is 0.479. The summed E-state index contributed by atoms with van der Waals surface area (Å²) in [5.41, 5.74) is 13.8. The minimum absolute atomic E-state index is 0.309. The Labute approximate surface area is 305 Å². The molecule has 2 aromatic heterocycles. The molecule has 0 radical (unpaired) electrons. The third-order valence-corrected chi connectivity index (χ3v) is 11.1. The van der Waals surface area contributed by atoms with E-state index in [2.05, 4.69) is 162 Å². The highest BCUT2D eigenvalue weighted by molar-refractivity contribution is 6.84. The van der Waals surface area contributed by atoms with E-state index in [1.165, 1.54) is 21.8 Å². The topological polar surface area (TPSA) is 36.5 Å². The van der Waals surface area contributed by atoms with Crippen LogP contribution in [0, 0.1) is 0 Å². The van der Waals surface area contributed by atoms with Crippen molar-refractivity contribution in [2.24, 2.45) is 0 Å². The molecule has 2 aliphatic rings. The molecular weight excluding hydrogens is 649 g/mol. The Kier molecular flexibility index (Phi) is 5.83. The molecule has 12 rings (SSSR count). The quantitative estimate of drug-likeness (QED) is 0.175. The van der Waals surface area contributed by atoms with Crippen molar-refractivity contribution in [3.63, 3.8) is 0 Å². The van der Waals surface area contributed by atoms with Crippen LogP contribution < -0.4 is 20.3 Å². The van der Waals surface area contributed by atoms with E-state index in [9.17, 15) is 0 Å². The first kappa shape index (κ1) is 28.7. The van der Waals surface area contributed by atoms with Gasteiger partial charge in [0.2, 0.25) is 0 Å². The highest BCUT2D eigenvalue weighted by atomic mass is 16.5. The number of ether oxygens (including phenoxy) is 1. The predicted molar refractivity (Wildman–Crippen MR) is 217 cm³/mol. The normalized spacial score (nSPS) is 12.8. The molecule has 8 aromatic carbocycles. The van der Waals surface area contributed by atoms with Gasteiger partial charge < -0.3 is 18.4 Å². The number of nitrogens with zero attached hydrogens (tertiary/aromatic N) is 1. The number of aromatic nitrogens is 1. The third-order valence-electron chi connectivity index (χ3n) is 11.1. The van der Waals surface area contributed by atoms with Crippen LogP contribution >= 0.6 is 0 Å². The molecule has 5 heteroatoms. The zero-order chi connectivity index (χ0) is 34.6. The van der Waals surface area contributed by atoms with Crippen LogP contribution in [0.2, 0.25) is 0 Å². The smallest absolute Gasteiger partial charge is 0.434 e. The molecule has 0 saturated carbocycles. The maximum Gasteiger partial charge on any atom is 0.434 e. The van der Waals surface area contributed by atoms with Crippen molar-refractivity contribution in [3.8, 4) is 56.3 Å². The summed E-state index contributed by atoms with van der Waals surface area (Å²) in [6.07, 6.45) is 0. The summed E-state index contributed by atoms with van der Waals surface area (Å²) in [4.78, 5) is 0. The monoisotopic (exact) mass is 677 g/mol. The summed E-state index contributed by atoms with van der Waals surface area (Å²) in [6.45, 7) is -0.309. The summed E-state index contributed by atoms with van der Waals surface area (Å²) in [5.74, 6) is 2.48. The van der Waals surface area contributed by atoms with Crippen molar-refractivity contribution < 1.29 is 13.8 Å². The van der Waals surface area contributed by atoms with Crippen molar-refractivity contribution >= 4 is 61.6 Å². The molecule has 0 N–H and O–H groups in total. The SMILES string of the molecule is c1ccc(-n2c3ccccc3c3ccccc32)c(-c2ccc3c(c2)Oc2cccc4c2B3Oc2cc(-c3cccc5c3oc3ccccc35)ccc2-4)c1. The summed E-state index contributed by atoms with van der Waals surface area (Å²) in [5, 5.41) is 4.72. The minimum Gasteiger partial charge on any atom is -0.551 e.